The average molecular weight is 323 g/mol. The summed E-state index contributed by atoms with van der Waals surface area (Å²) in [6, 6.07) is 29.7. The molecule has 0 fully saturated rings. The van der Waals surface area contributed by atoms with Gasteiger partial charge in [0.05, 0.1) is 18.1 Å². The maximum Gasteiger partial charge on any atom is 0.128 e. The second-order valence-electron chi connectivity index (χ2n) is 6.21. The lowest BCUT2D eigenvalue weighted by Crippen LogP contribution is -1.95. The summed E-state index contributed by atoms with van der Waals surface area (Å²) in [5.41, 5.74) is 3.57. The summed E-state index contributed by atoms with van der Waals surface area (Å²) in [4.78, 5) is 0. The van der Waals surface area contributed by atoms with E-state index in [9.17, 15) is 0 Å². The van der Waals surface area contributed by atoms with Crippen LogP contribution in [-0.4, -0.2) is 11.7 Å². The Morgan fingerprint density at radius 3 is 2.32 bits per heavy atom. The molecule has 1 heterocycles. The SMILES string of the molecule is COc1cccc2ccc3c4ccccc4n(-c4ccccc4)c3c12. The Kier molecular flexibility index (Phi) is 3.04. The van der Waals surface area contributed by atoms with Gasteiger partial charge in [-0.1, -0.05) is 60.7 Å². The van der Waals surface area contributed by atoms with E-state index in [4.69, 9.17) is 4.74 Å². The first kappa shape index (κ1) is 14.1. The number of para-hydroxylation sites is 2. The first-order chi connectivity index (χ1) is 12.4. The normalized spacial score (nSPS) is 11.4. The summed E-state index contributed by atoms with van der Waals surface area (Å²) in [6.45, 7) is 0. The van der Waals surface area contributed by atoms with Gasteiger partial charge >= 0.3 is 0 Å². The highest BCUT2D eigenvalue weighted by Gasteiger charge is 2.16. The van der Waals surface area contributed by atoms with Gasteiger partial charge in [0.2, 0.25) is 0 Å². The van der Waals surface area contributed by atoms with E-state index in [2.05, 4.69) is 77.4 Å². The van der Waals surface area contributed by atoms with Gasteiger partial charge in [0.15, 0.2) is 0 Å². The minimum atomic E-state index is 0.906. The lowest BCUT2D eigenvalue weighted by molar-refractivity contribution is 0.420. The fraction of sp³-hybridized carbons (Fsp3) is 0.0435. The summed E-state index contributed by atoms with van der Waals surface area (Å²) in [6.07, 6.45) is 0. The van der Waals surface area contributed by atoms with Crippen molar-refractivity contribution in [1.29, 1.82) is 0 Å². The fourth-order valence-electron chi connectivity index (χ4n) is 3.81. The van der Waals surface area contributed by atoms with Crippen LogP contribution in [-0.2, 0) is 0 Å². The van der Waals surface area contributed by atoms with Crippen LogP contribution < -0.4 is 4.74 Å². The number of ether oxygens (including phenoxy) is 1. The Labute approximate surface area is 145 Å². The van der Waals surface area contributed by atoms with Crippen LogP contribution in [0.4, 0.5) is 0 Å². The molecule has 0 amide bonds. The van der Waals surface area contributed by atoms with Crippen LogP contribution in [0.1, 0.15) is 0 Å². The zero-order valence-corrected chi connectivity index (χ0v) is 13.9. The zero-order valence-electron chi connectivity index (χ0n) is 13.9. The van der Waals surface area contributed by atoms with Crippen LogP contribution in [0.15, 0.2) is 84.9 Å². The summed E-state index contributed by atoms with van der Waals surface area (Å²) in [5, 5.41) is 4.85. The van der Waals surface area contributed by atoms with Crippen molar-refractivity contribution < 1.29 is 4.74 Å². The fourth-order valence-corrected chi connectivity index (χ4v) is 3.81. The van der Waals surface area contributed by atoms with Crippen molar-refractivity contribution in [2.24, 2.45) is 0 Å². The molecule has 0 atom stereocenters. The Hall–Kier alpha value is -3.26. The molecule has 0 bridgehead atoms. The van der Waals surface area contributed by atoms with Gasteiger partial charge in [-0.3, -0.25) is 0 Å². The van der Waals surface area contributed by atoms with Gasteiger partial charge in [0.25, 0.3) is 0 Å². The molecule has 2 nitrogen and oxygen atoms in total. The van der Waals surface area contributed by atoms with Crippen molar-refractivity contribution in [3.63, 3.8) is 0 Å². The van der Waals surface area contributed by atoms with E-state index in [0.29, 0.717) is 0 Å². The number of methoxy groups -OCH3 is 1. The van der Waals surface area contributed by atoms with Gasteiger partial charge in [-0.05, 0) is 29.7 Å². The van der Waals surface area contributed by atoms with Crippen LogP contribution in [0.3, 0.4) is 0 Å². The molecular formula is C23H17NO. The van der Waals surface area contributed by atoms with E-state index in [1.165, 1.54) is 27.2 Å². The van der Waals surface area contributed by atoms with Crippen molar-refractivity contribution in [1.82, 2.24) is 4.57 Å². The van der Waals surface area contributed by atoms with Crippen molar-refractivity contribution >= 4 is 32.6 Å². The summed E-state index contributed by atoms with van der Waals surface area (Å²) >= 11 is 0. The van der Waals surface area contributed by atoms with Crippen LogP contribution in [0.25, 0.3) is 38.3 Å². The molecule has 120 valence electrons. The third-order valence-electron chi connectivity index (χ3n) is 4.87. The molecule has 0 spiro atoms. The summed E-state index contributed by atoms with van der Waals surface area (Å²) in [5.74, 6) is 0.906. The molecular weight excluding hydrogens is 306 g/mol. The molecule has 0 saturated heterocycles. The Morgan fingerprint density at radius 1 is 0.680 bits per heavy atom. The minimum absolute atomic E-state index is 0.906. The predicted molar refractivity (Wildman–Crippen MR) is 105 cm³/mol. The Bertz CT molecular complexity index is 1220. The topological polar surface area (TPSA) is 14.2 Å². The number of aromatic nitrogens is 1. The highest BCUT2D eigenvalue weighted by Crippen LogP contribution is 2.39. The number of benzene rings is 4. The van der Waals surface area contributed by atoms with Gasteiger partial charge < -0.3 is 9.30 Å². The lowest BCUT2D eigenvalue weighted by atomic mass is 10.0. The molecule has 0 aliphatic heterocycles. The number of hydrogen-bond acceptors (Lipinski definition) is 1. The first-order valence-corrected chi connectivity index (χ1v) is 8.43. The van der Waals surface area contributed by atoms with E-state index < -0.39 is 0 Å². The summed E-state index contributed by atoms with van der Waals surface area (Å²) in [7, 11) is 1.74. The maximum atomic E-state index is 5.71. The van der Waals surface area contributed by atoms with Crippen molar-refractivity contribution in [2.75, 3.05) is 7.11 Å². The molecule has 5 aromatic rings. The molecule has 0 unspecified atom stereocenters. The van der Waals surface area contributed by atoms with Crippen LogP contribution in [0.2, 0.25) is 0 Å². The van der Waals surface area contributed by atoms with Gasteiger partial charge in [-0.25, -0.2) is 0 Å². The van der Waals surface area contributed by atoms with E-state index in [-0.39, 0.29) is 0 Å². The number of rotatable bonds is 2. The van der Waals surface area contributed by atoms with E-state index in [0.717, 1.165) is 16.8 Å². The smallest absolute Gasteiger partial charge is 0.128 e. The van der Waals surface area contributed by atoms with Crippen molar-refractivity contribution in [3.8, 4) is 11.4 Å². The number of nitrogens with zero attached hydrogens (tertiary/aromatic N) is 1. The molecule has 25 heavy (non-hydrogen) atoms. The van der Waals surface area contributed by atoms with Gasteiger partial charge in [-0.15, -0.1) is 0 Å². The molecule has 0 radical (unpaired) electrons. The van der Waals surface area contributed by atoms with E-state index in [1.807, 2.05) is 12.1 Å². The third kappa shape index (κ3) is 1.97. The minimum Gasteiger partial charge on any atom is -0.496 e. The molecule has 4 aromatic carbocycles. The highest BCUT2D eigenvalue weighted by atomic mass is 16.5. The van der Waals surface area contributed by atoms with Gasteiger partial charge in [0.1, 0.15) is 5.75 Å². The van der Waals surface area contributed by atoms with Crippen LogP contribution in [0, 0.1) is 0 Å². The number of hydrogen-bond donors (Lipinski definition) is 0. The molecule has 0 saturated carbocycles. The molecule has 0 aliphatic carbocycles. The standard InChI is InChI=1S/C23H17NO/c1-25-21-13-7-8-16-14-15-19-18-11-5-6-12-20(18)24(23(19)22(16)21)17-9-3-2-4-10-17/h2-15H,1H3. The average Bonchev–Trinajstić information content (AvgIpc) is 3.02. The molecule has 2 heteroatoms. The van der Waals surface area contributed by atoms with Crippen LogP contribution in [0.5, 0.6) is 5.75 Å². The molecule has 0 aliphatic rings. The van der Waals surface area contributed by atoms with E-state index >= 15 is 0 Å². The van der Waals surface area contributed by atoms with Crippen molar-refractivity contribution in [3.05, 3.63) is 84.9 Å². The van der Waals surface area contributed by atoms with Gasteiger partial charge in [0, 0.05) is 21.8 Å². The van der Waals surface area contributed by atoms with Crippen molar-refractivity contribution in [2.45, 2.75) is 0 Å². The van der Waals surface area contributed by atoms with Crippen LogP contribution >= 0.6 is 0 Å². The Balaban J connectivity index is 2.10. The van der Waals surface area contributed by atoms with E-state index in [1.54, 1.807) is 7.11 Å². The second kappa shape index (κ2) is 5.38. The Morgan fingerprint density at radius 2 is 1.48 bits per heavy atom. The second-order valence-corrected chi connectivity index (χ2v) is 6.21. The predicted octanol–water partition coefficient (Wildman–Crippen LogP) is 5.95. The summed E-state index contributed by atoms with van der Waals surface area (Å²) < 4.78 is 8.05. The molecule has 0 N–H and O–H groups in total. The molecule has 1 aromatic heterocycles. The van der Waals surface area contributed by atoms with Gasteiger partial charge in [-0.2, -0.15) is 0 Å². The lowest BCUT2D eigenvalue weighted by Gasteiger charge is -2.12. The quantitative estimate of drug-likeness (QED) is 0.392. The highest BCUT2D eigenvalue weighted by molar-refractivity contribution is 6.20. The first-order valence-electron chi connectivity index (χ1n) is 8.43. The largest absolute Gasteiger partial charge is 0.496 e. The zero-order chi connectivity index (χ0) is 16.8. The molecule has 5 rings (SSSR count). The monoisotopic (exact) mass is 323 g/mol. The number of fused-ring (bicyclic) bond motifs is 5. The third-order valence-corrected chi connectivity index (χ3v) is 4.87. The maximum absolute atomic E-state index is 5.71.